The van der Waals surface area contributed by atoms with Crippen molar-refractivity contribution in [3.8, 4) is 25.3 Å². The molecule has 210 valence electrons. The molecule has 0 aliphatic heterocycles. The first-order valence-electron chi connectivity index (χ1n) is 14.0. The van der Waals surface area contributed by atoms with Crippen LogP contribution in [0.2, 0.25) is 36.4 Å². The van der Waals surface area contributed by atoms with Crippen LogP contribution in [0, 0.1) is 20.8 Å². The van der Waals surface area contributed by atoms with Gasteiger partial charge in [-0.15, -0.1) is 0 Å². The monoisotopic (exact) mass is 658 g/mol. The minimum absolute atomic E-state index is 0.605. The molecular weight excluding hydrogens is 613 g/mol. The van der Waals surface area contributed by atoms with Gasteiger partial charge in [0.2, 0.25) is 0 Å². The van der Waals surface area contributed by atoms with Gasteiger partial charge in [-0.2, -0.15) is 0 Å². The van der Waals surface area contributed by atoms with E-state index in [1.807, 2.05) is 29.6 Å². The van der Waals surface area contributed by atoms with Crippen LogP contribution in [0.1, 0.15) is 29.2 Å². The van der Waals surface area contributed by atoms with Gasteiger partial charge in [-0.1, -0.05) is 0 Å². The quantitative estimate of drug-likeness (QED) is 0.112. The Morgan fingerprint density at radius 3 is 2.03 bits per heavy atom. The first kappa shape index (κ1) is 30.8. The van der Waals surface area contributed by atoms with E-state index >= 15 is 0 Å². The fourth-order valence-corrected chi connectivity index (χ4v) is 18.0. The first-order chi connectivity index (χ1) is 18.4. The van der Waals surface area contributed by atoms with Crippen LogP contribution >= 0.6 is 34.0 Å². The van der Waals surface area contributed by atoms with Crippen LogP contribution in [0.15, 0.2) is 42.5 Å². The summed E-state index contributed by atoms with van der Waals surface area (Å²) in [6, 6.07) is 16.1. The Morgan fingerprint density at radius 1 is 0.769 bits per heavy atom. The van der Waals surface area contributed by atoms with E-state index in [0.29, 0.717) is 13.2 Å². The van der Waals surface area contributed by atoms with Crippen LogP contribution < -0.4 is 12.9 Å². The molecule has 0 N–H and O–H groups in total. The molecule has 1 aromatic carbocycles. The second-order valence-electron chi connectivity index (χ2n) is 12.2. The van der Waals surface area contributed by atoms with Crippen molar-refractivity contribution >= 4 is 63.6 Å². The van der Waals surface area contributed by atoms with E-state index in [1.165, 1.54) is 47.0 Å². The van der Waals surface area contributed by atoms with Crippen LogP contribution in [0.25, 0.3) is 19.5 Å². The van der Waals surface area contributed by atoms with Crippen molar-refractivity contribution < 1.29 is 9.47 Å². The number of benzene rings is 1. The van der Waals surface area contributed by atoms with Gasteiger partial charge in [-0.05, 0) is 0 Å². The van der Waals surface area contributed by atoms with Crippen molar-refractivity contribution in [1.29, 1.82) is 0 Å². The molecule has 3 aromatic heterocycles. The van der Waals surface area contributed by atoms with Gasteiger partial charge < -0.3 is 0 Å². The molecule has 0 aliphatic carbocycles. The molecule has 3 heterocycles. The van der Waals surface area contributed by atoms with Crippen LogP contribution in [-0.4, -0.2) is 41.2 Å². The summed E-state index contributed by atoms with van der Waals surface area (Å²) in [7, 11) is -1.31. The zero-order valence-corrected chi connectivity index (χ0v) is 30.7. The average Bonchev–Trinajstić information content (AvgIpc) is 3.57. The molecule has 0 unspecified atom stereocenters. The zero-order chi connectivity index (χ0) is 28.4. The van der Waals surface area contributed by atoms with Gasteiger partial charge in [-0.25, -0.2) is 0 Å². The zero-order valence-electron chi connectivity index (χ0n) is 25.1. The topological polar surface area (TPSA) is 18.5 Å². The third-order valence-corrected chi connectivity index (χ3v) is 24.6. The number of hydrogen-bond donors (Lipinski definition) is 0. The van der Waals surface area contributed by atoms with E-state index in [-0.39, 0.29) is 0 Å². The Labute approximate surface area is 251 Å². The van der Waals surface area contributed by atoms with Crippen LogP contribution in [-0.2, 0) is 11.2 Å². The second kappa shape index (κ2) is 12.8. The minimum atomic E-state index is -2.15. The molecule has 0 spiro atoms. The van der Waals surface area contributed by atoms with Gasteiger partial charge >= 0.3 is 253 Å². The molecule has 0 saturated carbocycles. The molecule has 4 aromatic rings. The number of aryl methyl sites for hydroxylation is 4. The summed E-state index contributed by atoms with van der Waals surface area (Å²) >= 11 is 3.95. The fraction of sp³-hybridized carbons (Fsp3) is 0.438. The van der Waals surface area contributed by atoms with Crippen LogP contribution in [0.5, 0.6) is 5.75 Å². The molecule has 7 heteroatoms. The summed E-state index contributed by atoms with van der Waals surface area (Å²) in [6.45, 7) is 18.3. The first-order valence-corrected chi connectivity index (χ1v) is 26.7. The molecule has 4 rings (SSSR count). The van der Waals surface area contributed by atoms with Gasteiger partial charge in [0, 0.05) is 0 Å². The standard InChI is InChI=1S/C32H44GeO2S3Si/c1-10-34-17-18-35-26-13-11-25(12-14-26)15-16-33(5,6)29-21-23(3)31(38-29)27-19-22(2)30(36-27)28-20-24(4)32(37-28)39(7,8)9/h11-14,19-21H,10,15-18H2,1-9H3. The van der Waals surface area contributed by atoms with Crippen molar-refractivity contribution in [1.82, 2.24) is 0 Å². The third-order valence-electron chi connectivity index (χ3n) is 7.21. The van der Waals surface area contributed by atoms with E-state index in [4.69, 9.17) is 9.47 Å². The van der Waals surface area contributed by atoms with Crippen molar-refractivity contribution in [2.24, 2.45) is 0 Å². The average molecular weight is 658 g/mol. The SMILES string of the molecule is CCOCCOc1ccc(C[CH2][Ge]([CH3])([CH3])[c]2cc(C)c(-c3cc(C)c(-c4cc(C)c([Si](C)(C)C)s4)s3)s2)cc1. The molecule has 0 saturated heterocycles. The number of thiophene rings is 3. The van der Waals surface area contributed by atoms with Crippen molar-refractivity contribution in [2.45, 2.75) is 70.5 Å². The van der Waals surface area contributed by atoms with Gasteiger partial charge in [0.05, 0.1) is 0 Å². The number of ether oxygens (including phenoxy) is 2. The van der Waals surface area contributed by atoms with Crippen LogP contribution in [0.3, 0.4) is 0 Å². The third kappa shape index (κ3) is 7.57. The predicted molar refractivity (Wildman–Crippen MR) is 182 cm³/mol. The molecule has 0 amide bonds. The summed E-state index contributed by atoms with van der Waals surface area (Å²) in [6.07, 6.45) is 1.14. The molecule has 0 radical (unpaired) electrons. The van der Waals surface area contributed by atoms with E-state index < -0.39 is 21.3 Å². The summed E-state index contributed by atoms with van der Waals surface area (Å²) in [5.74, 6) is 6.09. The van der Waals surface area contributed by atoms with Crippen molar-refractivity contribution in [3.05, 3.63) is 64.7 Å². The van der Waals surface area contributed by atoms with Crippen LogP contribution in [0.4, 0.5) is 0 Å². The molecule has 2 nitrogen and oxygen atoms in total. The summed E-state index contributed by atoms with van der Waals surface area (Å²) in [4.78, 5) is 5.84. The Hall–Kier alpha value is -1.16. The summed E-state index contributed by atoms with van der Waals surface area (Å²) < 4.78 is 14.5. The van der Waals surface area contributed by atoms with E-state index in [0.717, 1.165) is 18.8 Å². The van der Waals surface area contributed by atoms with Gasteiger partial charge in [-0.3, -0.25) is 0 Å². The Kier molecular flexibility index (Phi) is 10.1. The summed E-state index contributed by atoms with van der Waals surface area (Å²) in [5, 5.41) is 1.30. The normalized spacial score (nSPS) is 12.3. The number of rotatable bonds is 12. The van der Waals surface area contributed by atoms with E-state index in [1.54, 1.807) is 8.21 Å². The Balaban J connectivity index is 1.46. The maximum atomic E-state index is 5.79. The van der Waals surface area contributed by atoms with Crippen molar-refractivity contribution in [3.63, 3.8) is 0 Å². The number of hydrogen-bond acceptors (Lipinski definition) is 5. The second-order valence-corrected chi connectivity index (χ2v) is 31.6. The van der Waals surface area contributed by atoms with Gasteiger partial charge in [0.15, 0.2) is 0 Å². The predicted octanol–water partition coefficient (Wildman–Crippen LogP) is 9.25. The fourth-order valence-electron chi connectivity index (χ4n) is 4.93. The Morgan fingerprint density at radius 2 is 1.38 bits per heavy atom. The van der Waals surface area contributed by atoms with E-state index in [9.17, 15) is 0 Å². The van der Waals surface area contributed by atoms with Gasteiger partial charge in [0.1, 0.15) is 0 Å². The Bertz CT molecular complexity index is 1390. The molecule has 0 aliphatic rings. The molecule has 0 bridgehead atoms. The van der Waals surface area contributed by atoms with Gasteiger partial charge in [0.25, 0.3) is 0 Å². The molecule has 39 heavy (non-hydrogen) atoms. The van der Waals surface area contributed by atoms with E-state index in [2.05, 4.69) is 106 Å². The summed E-state index contributed by atoms with van der Waals surface area (Å²) in [5.41, 5.74) is 5.75. The molecule has 0 fully saturated rings. The molecule has 0 atom stereocenters. The maximum absolute atomic E-state index is 5.79. The molecular formula is C32H44GeO2S3Si. The van der Waals surface area contributed by atoms with Crippen molar-refractivity contribution in [2.75, 3.05) is 19.8 Å².